The second-order valence-corrected chi connectivity index (χ2v) is 13.9. The van der Waals surface area contributed by atoms with Crippen LogP contribution in [-0.2, 0) is 28.0 Å². The molecule has 0 aliphatic carbocycles. The number of ketones is 3. The molecule has 0 radical (unpaired) electrons. The maximum absolute atomic E-state index is 12.5. The third kappa shape index (κ3) is 23.5. The summed E-state index contributed by atoms with van der Waals surface area (Å²) < 4.78 is 22.3. The number of phosphoric acid groups is 1. The second kappa shape index (κ2) is 24.3. The van der Waals surface area contributed by atoms with Gasteiger partial charge in [0.05, 0.1) is 27.7 Å². The Morgan fingerprint density at radius 3 is 1.64 bits per heavy atom. The number of aliphatic hydroxyl groups is 2. The van der Waals surface area contributed by atoms with Crippen LogP contribution in [-0.4, -0.2) is 90.0 Å². The number of quaternary nitrogens is 1. The molecule has 3 atom stereocenters. The summed E-state index contributed by atoms with van der Waals surface area (Å²) in [5, 5.41) is 19.2. The van der Waals surface area contributed by atoms with Crippen LogP contribution in [0.5, 0.6) is 0 Å². The summed E-state index contributed by atoms with van der Waals surface area (Å²) in [5.41, 5.74) is 0. The van der Waals surface area contributed by atoms with E-state index >= 15 is 0 Å². The number of carbonyl (C=O) groups is 3. The molecule has 0 spiro atoms. The van der Waals surface area contributed by atoms with Gasteiger partial charge in [0, 0.05) is 19.3 Å². The number of phosphoric ester groups is 1. The molecule has 42 heavy (non-hydrogen) atoms. The molecular formula is C31H61NO9P+. The fourth-order valence-electron chi connectivity index (χ4n) is 4.54. The van der Waals surface area contributed by atoms with E-state index in [9.17, 15) is 34.1 Å². The minimum Gasteiger partial charge on any atom is -0.394 e. The van der Waals surface area contributed by atoms with Crippen molar-refractivity contribution in [2.24, 2.45) is 0 Å². The number of hydrogen-bond donors (Lipinski definition) is 3. The van der Waals surface area contributed by atoms with Crippen molar-refractivity contribution in [2.75, 3.05) is 40.9 Å². The van der Waals surface area contributed by atoms with Gasteiger partial charge in [-0.05, 0) is 12.8 Å². The first-order valence-corrected chi connectivity index (χ1v) is 17.7. The van der Waals surface area contributed by atoms with Crippen molar-refractivity contribution in [3.05, 3.63) is 0 Å². The van der Waals surface area contributed by atoms with Gasteiger partial charge in [-0.15, -0.1) is 0 Å². The number of Topliss-reactive ketones (excluding diaryl/α,β-unsaturated/α-hetero) is 3. The Bertz CT molecular complexity index is 785. The van der Waals surface area contributed by atoms with E-state index in [4.69, 9.17) is 9.05 Å². The minimum absolute atomic E-state index is 0.0265. The van der Waals surface area contributed by atoms with E-state index in [1.54, 1.807) is 0 Å². The molecule has 0 aliphatic heterocycles. The highest BCUT2D eigenvalue weighted by Gasteiger charge is 2.38. The first-order chi connectivity index (χ1) is 19.8. The zero-order valence-corrected chi connectivity index (χ0v) is 27.8. The van der Waals surface area contributed by atoms with Gasteiger partial charge in [-0.2, -0.15) is 0 Å². The summed E-state index contributed by atoms with van der Waals surface area (Å²) in [4.78, 5) is 47.0. The Hall–Kier alpha value is -1.00. The maximum atomic E-state index is 12.5. The lowest BCUT2D eigenvalue weighted by molar-refractivity contribution is -0.870. The van der Waals surface area contributed by atoms with Crippen molar-refractivity contribution in [1.29, 1.82) is 0 Å². The second-order valence-electron chi connectivity index (χ2n) is 12.5. The fraction of sp³-hybridized carbons (Fsp3) is 0.903. The van der Waals surface area contributed by atoms with E-state index in [-0.39, 0.29) is 31.7 Å². The number of nitrogens with zero attached hydrogens (tertiary/aromatic N) is 1. The average Bonchev–Trinajstić information content (AvgIpc) is 2.92. The third-order valence-corrected chi connectivity index (χ3v) is 8.25. The van der Waals surface area contributed by atoms with Crippen LogP contribution in [0.3, 0.4) is 0 Å². The number of hydrogen-bond acceptors (Lipinski definition) is 8. The molecule has 0 rings (SSSR count). The minimum atomic E-state index is -4.78. The lowest BCUT2D eigenvalue weighted by Crippen LogP contribution is -2.42. The summed E-state index contributed by atoms with van der Waals surface area (Å²) >= 11 is 0. The highest BCUT2D eigenvalue weighted by Crippen LogP contribution is 2.45. The Morgan fingerprint density at radius 2 is 1.19 bits per heavy atom. The molecule has 0 bridgehead atoms. The maximum Gasteiger partial charge on any atom is 0.473 e. The summed E-state index contributed by atoms with van der Waals surface area (Å²) in [6.45, 7) is 1.49. The van der Waals surface area contributed by atoms with E-state index in [0.29, 0.717) is 17.4 Å². The molecule has 0 saturated heterocycles. The highest BCUT2D eigenvalue weighted by atomic mass is 31.2. The number of rotatable bonds is 30. The first-order valence-electron chi connectivity index (χ1n) is 16.2. The molecule has 248 valence electrons. The molecule has 0 aromatic carbocycles. The van der Waals surface area contributed by atoms with Crippen molar-refractivity contribution >= 4 is 25.2 Å². The largest absolute Gasteiger partial charge is 0.473 e. The lowest BCUT2D eigenvalue weighted by Gasteiger charge is -2.25. The topological polar surface area (TPSA) is 147 Å². The van der Waals surface area contributed by atoms with Crippen LogP contribution in [0.15, 0.2) is 0 Å². The van der Waals surface area contributed by atoms with Crippen molar-refractivity contribution in [3.63, 3.8) is 0 Å². The van der Waals surface area contributed by atoms with Crippen LogP contribution >= 0.6 is 7.82 Å². The Morgan fingerprint density at radius 1 is 0.738 bits per heavy atom. The smallest absolute Gasteiger partial charge is 0.394 e. The van der Waals surface area contributed by atoms with Gasteiger partial charge in [0.15, 0.2) is 6.10 Å². The van der Waals surface area contributed by atoms with E-state index < -0.39 is 38.2 Å². The molecule has 0 aromatic heterocycles. The van der Waals surface area contributed by atoms with Gasteiger partial charge in [-0.1, -0.05) is 96.8 Å². The van der Waals surface area contributed by atoms with Crippen LogP contribution in [0, 0.1) is 0 Å². The van der Waals surface area contributed by atoms with Gasteiger partial charge in [0.1, 0.15) is 25.0 Å². The molecule has 10 nitrogen and oxygen atoms in total. The Kier molecular flexibility index (Phi) is 23.8. The Labute approximate surface area is 254 Å². The standard InChI is InChI=1S/C31H60NO9P/c1-5-6-7-8-9-10-11-12-13-14-15-16-17-18-19-21-27(34)22-20-23-28(35)30(37)31(29(36)26-33)41-42(38,39)40-25-24-32(2,3)4/h29,31,33,36H,5-26H2,1-4H3/p+1/t29-,31?/m0/s1. The molecular weight excluding hydrogens is 561 g/mol. The fourth-order valence-corrected chi connectivity index (χ4v) is 5.44. The zero-order chi connectivity index (χ0) is 31.9. The highest BCUT2D eigenvalue weighted by molar-refractivity contribution is 7.47. The van der Waals surface area contributed by atoms with E-state index in [1.807, 2.05) is 21.1 Å². The van der Waals surface area contributed by atoms with E-state index in [2.05, 4.69) is 6.92 Å². The van der Waals surface area contributed by atoms with Crippen LogP contribution < -0.4 is 0 Å². The van der Waals surface area contributed by atoms with Crippen LogP contribution in [0.25, 0.3) is 0 Å². The monoisotopic (exact) mass is 622 g/mol. The summed E-state index contributed by atoms with van der Waals surface area (Å²) in [5.74, 6) is -2.16. The SMILES string of the molecule is CCCCCCCCCCCCCCCCCC(=O)CCCC(=O)C(=O)C(OP(=O)(O)OCC[N+](C)(C)C)[C@@H](O)CO. The Balaban J connectivity index is 4.09. The number of carbonyl (C=O) groups excluding carboxylic acids is 3. The van der Waals surface area contributed by atoms with Gasteiger partial charge in [0.2, 0.25) is 11.6 Å². The van der Waals surface area contributed by atoms with Crippen molar-refractivity contribution in [1.82, 2.24) is 0 Å². The average molecular weight is 623 g/mol. The molecule has 0 aliphatic rings. The van der Waals surface area contributed by atoms with Gasteiger partial charge >= 0.3 is 7.82 Å². The summed E-state index contributed by atoms with van der Waals surface area (Å²) in [6.07, 6.45) is 15.3. The molecule has 3 N–H and O–H groups in total. The van der Waals surface area contributed by atoms with Crippen molar-refractivity contribution in [3.8, 4) is 0 Å². The molecule has 0 heterocycles. The molecule has 0 aromatic rings. The van der Waals surface area contributed by atoms with Crippen molar-refractivity contribution in [2.45, 2.75) is 141 Å². The molecule has 0 saturated carbocycles. The van der Waals surface area contributed by atoms with Crippen LogP contribution in [0.1, 0.15) is 129 Å². The van der Waals surface area contributed by atoms with E-state index in [0.717, 1.165) is 19.3 Å². The molecule has 0 amide bonds. The quantitative estimate of drug-likeness (QED) is 0.0398. The number of unbranched alkanes of at least 4 members (excludes halogenated alkanes) is 14. The predicted molar refractivity (Wildman–Crippen MR) is 165 cm³/mol. The van der Waals surface area contributed by atoms with Gasteiger partial charge in [0.25, 0.3) is 0 Å². The van der Waals surface area contributed by atoms with E-state index in [1.165, 1.54) is 77.0 Å². The van der Waals surface area contributed by atoms with Crippen LogP contribution in [0.2, 0.25) is 0 Å². The number of likely N-dealkylation sites (N-methyl/N-ethyl adjacent to an activating group) is 1. The first kappa shape index (κ1) is 41.0. The van der Waals surface area contributed by atoms with Gasteiger partial charge < -0.3 is 19.6 Å². The zero-order valence-electron chi connectivity index (χ0n) is 26.9. The van der Waals surface area contributed by atoms with Gasteiger partial charge in [-0.3, -0.25) is 23.4 Å². The third-order valence-electron chi connectivity index (χ3n) is 7.25. The molecule has 0 fully saturated rings. The lowest BCUT2D eigenvalue weighted by atomic mass is 10.00. The molecule has 11 heteroatoms. The number of aliphatic hydroxyl groups excluding tert-OH is 2. The van der Waals surface area contributed by atoms with Gasteiger partial charge in [-0.25, -0.2) is 4.57 Å². The summed E-state index contributed by atoms with van der Waals surface area (Å²) in [6, 6.07) is 0. The van der Waals surface area contributed by atoms with Crippen LogP contribution in [0.4, 0.5) is 0 Å². The molecule has 2 unspecified atom stereocenters. The summed E-state index contributed by atoms with van der Waals surface area (Å²) in [7, 11) is 0.756. The normalized spacial score (nSPS) is 14.8. The van der Waals surface area contributed by atoms with Crippen molar-refractivity contribution < 1.29 is 47.6 Å². The predicted octanol–water partition coefficient (Wildman–Crippen LogP) is 5.69.